The molecule has 0 aliphatic heterocycles. The van der Waals surface area contributed by atoms with Crippen molar-refractivity contribution in [3.63, 3.8) is 0 Å². The van der Waals surface area contributed by atoms with Gasteiger partial charge in [-0.3, -0.25) is 14.2 Å². The summed E-state index contributed by atoms with van der Waals surface area (Å²) < 4.78 is 3.62. The van der Waals surface area contributed by atoms with E-state index >= 15 is 0 Å². The van der Waals surface area contributed by atoms with E-state index in [4.69, 9.17) is 0 Å². The minimum absolute atomic E-state index is 0.189. The molecule has 5 aromatic rings. The smallest absolute Gasteiger partial charge is 0.271 e. The monoisotopic (exact) mass is 454 g/mol. The predicted molar refractivity (Wildman–Crippen MR) is 129 cm³/mol. The van der Waals surface area contributed by atoms with Crippen LogP contribution in [0.4, 0.5) is 0 Å². The van der Waals surface area contributed by atoms with Crippen molar-refractivity contribution in [3.8, 4) is 21.7 Å². The minimum Gasteiger partial charge on any atom is -0.347 e. The Labute approximate surface area is 195 Å². The molecule has 5 rings (SSSR count). The molecule has 0 atom stereocenters. The van der Waals surface area contributed by atoms with Crippen molar-refractivity contribution in [2.75, 3.05) is 0 Å². The number of carbonyl (C=O) groups is 1. The highest BCUT2D eigenvalue weighted by molar-refractivity contribution is 7.13. The van der Waals surface area contributed by atoms with Crippen molar-refractivity contribution in [2.45, 2.75) is 13.1 Å². The lowest BCUT2D eigenvalue weighted by molar-refractivity contribution is 0.0947. The van der Waals surface area contributed by atoms with Crippen LogP contribution < -0.4 is 5.32 Å². The van der Waals surface area contributed by atoms with Gasteiger partial charge in [-0.2, -0.15) is 10.2 Å². The maximum absolute atomic E-state index is 12.7. The summed E-state index contributed by atoms with van der Waals surface area (Å²) in [6.45, 7) is 1.16. The molecule has 3 heterocycles. The number of carbonyl (C=O) groups excluding carboxylic acids is 1. The first-order valence-corrected chi connectivity index (χ1v) is 11.4. The van der Waals surface area contributed by atoms with Gasteiger partial charge in [0.2, 0.25) is 0 Å². The Bertz CT molecular complexity index is 1370. The van der Waals surface area contributed by atoms with Crippen LogP contribution in [0, 0.1) is 0 Å². The zero-order chi connectivity index (χ0) is 22.6. The van der Waals surface area contributed by atoms with Gasteiger partial charge in [0.25, 0.3) is 5.91 Å². The zero-order valence-electron chi connectivity index (χ0n) is 18.0. The van der Waals surface area contributed by atoms with Gasteiger partial charge in [0, 0.05) is 43.1 Å². The van der Waals surface area contributed by atoms with E-state index in [9.17, 15) is 4.79 Å². The van der Waals surface area contributed by atoms with Crippen molar-refractivity contribution >= 4 is 17.2 Å². The summed E-state index contributed by atoms with van der Waals surface area (Å²) in [6, 6.07) is 18.5. The largest absolute Gasteiger partial charge is 0.347 e. The van der Waals surface area contributed by atoms with Crippen LogP contribution in [-0.4, -0.2) is 30.5 Å². The zero-order valence-corrected chi connectivity index (χ0v) is 18.9. The molecule has 3 aromatic heterocycles. The first-order chi connectivity index (χ1) is 16.2. The van der Waals surface area contributed by atoms with E-state index in [2.05, 4.69) is 50.8 Å². The Morgan fingerprint density at radius 3 is 2.64 bits per heavy atom. The van der Waals surface area contributed by atoms with Crippen LogP contribution in [0.15, 0.2) is 84.8 Å². The highest BCUT2D eigenvalue weighted by Crippen LogP contribution is 2.25. The van der Waals surface area contributed by atoms with E-state index in [1.807, 2.05) is 48.4 Å². The van der Waals surface area contributed by atoms with Crippen molar-refractivity contribution < 1.29 is 4.79 Å². The molecule has 0 bridgehead atoms. The molecular weight excluding hydrogens is 432 g/mol. The molecule has 0 aliphatic rings. The van der Waals surface area contributed by atoms with Crippen LogP contribution in [0.2, 0.25) is 0 Å². The normalized spacial score (nSPS) is 10.9. The summed E-state index contributed by atoms with van der Waals surface area (Å²) in [6.07, 6.45) is 7.37. The summed E-state index contributed by atoms with van der Waals surface area (Å²) in [7, 11) is 1.86. The Hall–Kier alpha value is -4.04. The lowest BCUT2D eigenvalue weighted by Gasteiger charge is -2.11. The van der Waals surface area contributed by atoms with Gasteiger partial charge in [-0.25, -0.2) is 4.98 Å². The van der Waals surface area contributed by atoms with Gasteiger partial charge < -0.3 is 5.32 Å². The average molecular weight is 455 g/mol. The highest BCUT2D eigenvalue weighted by Gasteiger charge is 2.14. The molecule has 0 saturated carbocycles. The molecule has 0 radical (unpaired) electrons. The summed E-state index contributed by atoms with van der Waals surface area (Å²) in [4.78, 5) is 17.2. The third-order valence-electron chi connectivity index (χ3n) is 5.31. The lowest BCUT2D eigenvalue weighted by atomic mass is 9.98. The van der Waals surface area contributed by atoms with E-state index in [1.165, 1.54) is 16.9 Å². The third kappa shape index (κ3) is 4.75. The van der Waals surface area contributed by atoms with E-state index in [-0.39, 0.29) is 5.91 Å². The van der Waals surface area contributed by atoms with Crippen molar-refractivity contribution in [2.24, 2.45) is 7.05 Å². The second-order valence-corrected chi connectivity index (χ2v) is 8.54. The van der Waals surface area contributed by atoms with E-state index < -0.39 is 0 Å². The van der Waals surface area contributed by atoms with E-state index in [0.717, 1.165) is 33.8 Å². The molecule has 1 amide bonds. The molecule has 8 heteroatoms. The van der Waals surface area contributed by atoms with Crippen LogP contribution in [0.1, 0.15) is 21.6 Å². The Balaban J connectivity index is 1.27. The van der Waals surface area contributed by atoms with E-state index in [0.29, 0.717) is 12.2 Å². The third-order valence-corrected chi connectivity index (χ3v) is 6.21. The molecular formula is C25H22N6OS. The maximum atomic E-state index is 12.7. The number of nitrogens with one attached hydrogen (secondary N) is 1. The summed E-state index contributed by atoms with van der Waals surface area (Å²) in [5, 5.41) is 14.0. The van der Waals surface area contributed by atoms with Crippen LogP contribution in [0.5, 0.6) is 0 Å². The SMILES string of the molecule is Cn1cc(-c2nc(C(=O)NCc3ccccc3-c3ccc(Cn4cccn4)cc3)cs2)cn1. The van der Waals surface area contributed by atoms with Gasteiger partial charge in [-0.15, -0.1) is 11.3 Å². The van der Waals surface area contributed by atoms with Crippen LogP contribution in [0.25, 0.3) is 21.7 Å². The van der Waals surface area contributed by atoms with Gasteiger partial charge in [0.1, 0.15) is 10.7 Å². The van der Waals surface area contributed by atoms with Gasteiger partial charge >= 0.3 is 0 Å². The van der Waals surface area contributed by atoms with Gasteiger partial charge in [-0.1, -0.05) is 48.5 Å². The van der Waals surface area contributed by atoms with Crippen LogP contribution in [-0.2, 0) is 20.1 Å². The van der Waals surface area contributed by atoms with Crippen LogP contribution >= 0.6 is 11.3 Å². The second-order valence-electron chi connectivity index (χ2n) is 7.68. The van der Waals surface area contributed by atoms with E-state index in [1.54, 1.807) is 22.5 Å². The van der Waals surface area contributed by atoms with Crippen LogP contribution in [0.3, 0.4) is 0 Å². The number of rotatable bonds is 7. The number of aromatic nitrogens is 5. The number of benzene rings is 2. The highest BCUT2D eigenvalue weighted by atomic mass is 32.1. The molecule has 7 nitrogen and oxygen atoms in total. The fourth-order valence-corrected chi connectivity index (χ4v) is 4.41. The van der Waals surface area contributed by atoms with Gasteiger partial charge in [0.15, 0.2) is 0 Å². The molecule has 0 saturated heterocycles. The van der Waals surface area contributed by atoms with Gasteiger partial charge in [-0.05, 0) is 28.3 Å². The summed E-state index contributed by atoms with van der Waals surface area (Å²) in [5.74, 6) is -0.189. The average Bonchev–Trinajstić information content (AvgIpc) is 3.60. The molecule has 0 fully saturated rings. The number of aryl methyl sites for hydroxylation is 1. The molecule has 33 heavy (non-hydrogen) atoms. The number of nitrogens with zero attached hydrogens (tertiary/aromatic N) is 5. The maximum Gasteiger partial charge on any atom is 0.271 e. The topological polar surface area (TPSA) is 77.6 Å². The first kappa shape index (κ1) is 20.8. The summed E-state index contributed by atoms with van der Waals surface area (Å²) in [5.41, 5.74) is 5.76. The quantitative estimate of drug-likeness (QED) is 0.396. The Morgan fingerprint density at radius 1 is 1.03 bits per heavy atom. The second kappa shape index (κ2) is 9.22. The first-order valence-electron chi connectivity index (χ1n) is 10.5. The molecule has 1 N–H and O–H groups in total. The van der Waals surface area contributed by atoms with Gasteiger partial charge in [0.05, 0.1) is 12.7 Å². The Kier molecular flexibility index (Phi) is 5.82. The fourth-order valence-electron chi connectivity index (χ4n) is 3.64. The van der Waals surface area contributed by atoms with Crippen molar-refractivity contribution in [1.29, 1.82) is 0 Å². The predicted octanol–water partition coefficient (Wildman–Crippen LogP) is 4.39. The molecule has 0 aliphatic carbocycles. The minimum atomic E-state index is -0.189. The number of thiazole rings is 1. The lowest BCUT2D eigenvalue weighted by Crippen LogP contribution is -2.23. The Morgan fingerprint density at radius 2 is 1.88 bits per heavy atom. The fraction of sp³-hybridized carbons (Fsp3) is 0.120. The molecule has 2 aromatic carbocycles. The van der Waals surface area contributed by atoms with Crippen molar-refractivity contribution in [3.05, 3.63) is 102 Å². The standard InChI is InChI=1S/C25H22N6OS/c1-30-16-21(14-28-30)25-29-23(17-33-25)24(32)26-13-20-5-2-3-6-22(20)19-9-7-18(8-10-19)15-31-12-4-11-27-31/h2-12,14,16-17H,13,15H2,1H3,(H,26,32). The molecule has 0 unspecified atom stereocenters. The van der Waals surface area contributed by atoms with Crippen molar-refractivity contribution in [1.82, 2.24) is 29.9 Å². The number of hydrogen-bond donors (Lipinski definition) is 1. The number of hydrogen-bond acceptors (Lipinski definition) is 5. The summed E-state index contributed by atoms with van der Waals surface area (Å²) >= 11 is 1.44. The number of amides is 1. The molecule has 164 valence electrons. The molecule has 0 spiro atoms.